The number of carboxylic acid groups (broad SMARTS) is 1. The number of nitrogens with one attached hydrogen (secondary N) is 1. The number of fused-ring (bicyclic) bond motifs is 1. The lowest BCUT2D eigenvalue weighted by Crippen LogP contribution is -2.44. The predicted molar refractivity (Wildman–Crippen MR) is 84.8 cm³/mol. The van der Waals surface area contributed by atoms with Crippen molar-refractivity contribution in [3.05, 3.63) is 24.3 Å². The Morgan fingerprint density at radius 3 is 2.67 bits per heavy atom. The van der Waals surface area contributed by atoms with Crippen molar-refractivity contribution in [1.29, 1.82) is 0 Å². The summed E-state index contributed by atoms with van der Waals surface area (Å²) in [6.45, 7) is 4.67. The predicted octanol–water partition coefficient (Wildman–Crippen LogP) is 1.74. The van der Waals surface area contributed by atoms with Crippen LogP contribution in [0.1, 0.15) is 27.2 Å². The first kappa shape index (κ1) is 17.6. The Bertz CT molecular complexity index is 652. The van der Waals surface area contributed by atoms with Gasteiger partial charge in [-0.3, -0.25) is 19.8 Å². The average molecular weight is 336 g/mol. The molecule has 1 heterocycles. The van der Waals surface area contributed by atoms with Gasteiger partial charge in [-0.2, -0.15) is 0 Å². The molecule has 0 aromatic heterocycles. The highest BCUT2D eigenvalue weighted by molar-refractivity contribution is 5.99. The Labute approximate surface area is 139 Å². The molecule has 0 radical (unpaired) electrons. The number of rotatable bonds is 3. The van der Waals surface area contributed by atoms with Crippen LogP contribution in [0.4, 0.5) is 10.5 Å². The molecule has 130 valence electrons. The highest BCUT2D eigenvalue weighted by Gasteiger charge is 2.31. The Hall–Kier alpha value is -2.77. The van der Waals surface area contributed by atoms with Crippen LogP contribution in [-0.4, -0.2) is 41.4 Å². The van der Waals surface area contributed by atoms with Crippen molar-refractivity contribution in [2.75, 3.05) is 11.4 Å². The van der Waals surface area contributed by atoms with E-state index < -0.39 is 36.3 Å². The summed E-state index contributed by atoms with van der Waals surface area (Å²) in [5.41, 5.74) is -0.343. The minimum absolute atomic E-state index is 0.207. The van der Waals surface area contributed by atoms with Crippen molar-refractivity contribution in [1.82, 2.24) is 5.32 Å². The van der Waals surface area contributed by atoms with Crippen LogP contribution in [0.3, 0.4) is 0 Å². The molecule has 0 bridgehead atoms. The lowest BCUT2D eigenvalue weighted by atomic mass is 10.2. The topological polar surface area (TPSA) is 105 Å². The summed E-state index contributed by atoms with van der Waals surface area (Å²) in [5.74, 6) is -1.30. The van der Waals surface area contributed by atoms with Crippen molar-refractivity contribution in [3.8, 4) is 5.75 Å². The van der Waals surface area contributed by atoms with Crippen LogP contribution in [0.5, 0.6) is 5.75 Å². The standard InChI is InChI=1S/C16H20N2O6/c1-16(2,3)24-15(22)17-12-8-13(19)18(9-14(20)21)10-6-4-5-7-11(10)23-12/h4-7,12H,8-9H2,1-3H3,(H,17,22)(H,20,21). The number of para-hydroxylation sites is 2. The van der Waals surface area contributed by atoms with E-state index in [0.29, 0.717) is 11.4 Å². The summed E-state index contributed by atoms with van der Waals surface area (Å²) in [6.07, 6.45) is -1.88. The monoisotopic (exact) mass is 336 g/mol. The molecule has 2 rings (SSSR count). The molecule has 0 saturated heterocycles. The molecule has 0 fully saturated rings. The van der Waals surface area contributed by atoms with E-state index in [-0.39, 0.29) is 6.42 Å². The van der Waals surface area contributed by atoms with Gasteiger partial charge in [-0.15, -0.1) is 0 Å². The number of carbonyl (C=O) groups excluding carboxylic acids is 2. The van der Waals surface area contributed by atoms with Crippen molar-refractivity contribution in [3.63, 3.8) is 0 Å². The van der Waals surface area contributed by atoms with Gasteiger partial charge in [0.05, 0.1) is 12.1 Å². The molecule has 1 unspecified atom stereocenters. The smallest absolute Gasteiger partial charge is 0.410 e. The normalized spacial score (nSPS) is 17.4. The van der Waals surface area contributed by atoms with Gasteiger partial charge < -0.3 is 14.6 Å². The zero-order valence-electron chi connectivity index (χ0n) is 13.7. The van der Waals surface area contributed by atoms with Crippen molar-refractivity contribution >= 4 is 23.7 Å². The molecule has 24 heavy (non-hydrogen) atoms. The summed E-state index contributed by atoms with van der Waals surface area (Å²) < 4.78 is 10.8. The molecule has 2 amide bonds. The van der Waals surface area contributed by atoms with E-state index >= 15 is 0 Å². The van der Waals surface area contributed by atoms with Gasteiger partial charge in [0.15, 0.2) is 6.23 Å². The second-order valence-corrected chi connectivity index (χ2v) is 6.30. The van der Waals surface area contributed by atoms with Crippen LogP contribution in [0.15, 0.2) is 24.3 Å². The van der Waals surface area contributed by atoms with E-state index in [1.54, 1.807) is 45.0 Å². The molecular formula is C16H20N2O6. The van der Waals surface area contributed by atoms with Crippen LogP contribution >= 0.6 is 0 Å². The molecular weight excluding hydrogens is 316 g/mol. The molecule has 1 aliphatic heterocycles. The number of ether oxygens (including phenoxy) is 2. The first-order valence-corrected chi connectivity index (χ1v) is 7.43. The fourth-order valence-corrected chi connectivity index (χ4v) is 2.21. The molecule has 1 aromatic carbocycles. The fourth-order valence-electron chi connectivity index (χ4n) is 2.21. The highest BCUT2D eigenvalue weighted by Crippen LogP contribution is 2.32. The van der Waals surface area contributed by atoms with Gasteiger partial charge in [-0.25, -0.2) is 4.79 Å². The van der Waals surface area contributed by atoms with Crippen molar-refractivity contribution < 1.29 is 29.0 Å². The van der Waals surface area contributed by atoms with E-state index in [9.17, 15) is 14.4 Å². The number of anilines is 1. The van der Waals surface area contributed by atoms with Crippen molar-refractivity contribution in [2.24, 2.45) is 0 Å². The molecule has 0 spiro atoms. The first-order valence-electron chi connectivity index (χ1n) is 7.43. The van der Waals surface area contributed by atoms with Crippen LogP contribution < -0.4 is 15.0 Å². The number of benzene rings is 1. The summed E-state index contributed by atoms with van der Waals surface area (Å²) >= 11 is 0. The largest absolute Gasteiger partial charge is 0.480 e. The third kappa shape index (κ3) is 4.61. The molecule has 1 aromatic rings. The molecule has 8 heteroatoms. The Kier molecular flexibility index (Phi) is 4.96. The summed E-state index contributed by atoms with van der Waals surface area (Å²) in [6, 6.07) is 6.56. The maximum absolute atomic E-state index is 12.4. The summed E-state index contributed by atoms with van der Waals surface area (Å²) in [7, 11) is 0. The molecule has 1 aliphatic rings. The second-order valence-electron chi connectivity index (χ2n) is 6.30. The van der Waals surface area contributed by atoms with E-state index in [4.69, 9.17) is 14.6 Å². The van der Waals surface area contributed by atoms with E-state index in [1.165, 1.54) is 0 Å². The number of nitrogens with zero attached hydrogens (tertiary/aromatic N) is 1. The maximum Gasteiger partial charge on any atom is 0.410 e. The molecule has 8 nitrogen and oxygen atoms in total. The van der Waals surface area contributed by atoms with E-state index in [1.807, 2.05) is 0 Å². The lowest BCUT2D eigenvalue weighted by molar-refractivity contribution is -0.136. The Balaban J connectivity index is 2.21. The first-order chi connectivity index (χ1) is 11.2. The van der Waals surface area contributed by atoms with Crippen LogP contribution in [-0.2, 0) is 14.3 Å². The molecule has 0 aliphatic carbocycles. The fraction of sp³-hybridized carbons (Fsp3) is 0.438. The van der Waals surface area contributed by atoms with Gasteiger partial charge in [-0.05, 0) is 32.9 Å². The number of carbonyl (C=O) groups is 3. The molecule has 1 atom stereocenters. The lowest BCUT2D eigenvalue weighted by Gasteiger charge is -2.23. The Morgan fingerprint density at radius 2 is 2.04 bits per heavy atom. The van der Waals surface area contributed by atoms with Crippen LogP contribution in [0.25, 0.3) is 0 Å². The molecule has 0 saturated carbocycles. The van der Waals surface area contributed by atoms with Gasteiger partial charge in [0, 0.05) is 0 Å². The van der Waals surface area contributed by atoms with E-state index in [2.05, 4.69) is 5.32 Å². The summed E-state index contributed by atoms with van der Waals surface area (Å²) in [4.78, 5) is 36.4. The number of hydrogen-bond donors (Lipinski definition) is 2. The van der Waals surface area contributed by atoms with Gasteiger partial charge in [0.25, 0.3) is 0 Å². The van der Waals surface area contributed by atoms with Crippen molar-refractivity contribution in [2.45, 2.75) is 39.0 Å². The average Bonchev–Trinajstić information content (AvgIpc) is 2.54. The number of amides is 2. The number of aliphatic carboxylic acids is 1. The van der Waals surface area contributed by atoms with Gasteiger partial charge >= 0.3 is 12.1 Å². The third-order valence-electron chi connectivity index (χ3n) is 3.06. The van der Waals surface area contributed by atoms with Gasteiger partial charge in [-0.1, -0.05) is 12.1 Å². The second kappa shape index (κ2) is 6.77. The Morgan fingerprint density at radius 1 is 1.38 bits per heavy atom. The minimum Gasteiger partial charge on any atom is -0.480 e. The highest BCUT2D eigenvalue weighted by atomic mass is 16.6. The van der Waals surface area contributed by atoms with Crippen LogP contribution in [0.2, 0.25) is 0 Å². The zero-order valence-corrected chi connectivity index (χ0v) is 13.7. The maximum atomic E-state index is 12.4. The van der Waals surface area contributed by atoms with E-state index in [0.717, 1.165) is 4.90 Å². The minimum atomic E-state index is -1.14. The molecule has 2 N–H and O–H groups in total. The summed E-state index contributed by atoms with van der Waals surface area (Å²) in [5, 5.41) is 11.5. The number of carboxylic acids is 1. The zero-order chi connectivity index (χ0) is 17.9. The third-order valence-corrected chi connectivity index (χ3v) is 3.06. The van der Waals surface area contributed by atoms with Gasteiger partial charge in [0.2, 0.25) is 5.91 Å². The number of alkyl carbamates (subject to hydrolysis) is 1. The van der Waals surface area contributed by atoms with Crippen LogP contribution in [0, 0.1) is 0 Å². The van der Waals surface area contributed by atoms with Gasteiger partial charge in [0.1, 0.15) is 17.9 Å². The number of hydrogen-bond acceptors (Lipinski definition) is 5. The SMILES string of the molecule is CC(C)(C)OC(=O)NC1CC(=O)N(CC(=O)O)c2ccccc2O1. The quantitative estimate of drug-likeness (QED) is 0.871.